The maximum absolute atomic E-state index is 3.64. The molecule has 1 aliphatic heterocycles. The molecule has 1 N–H and O–H groups in total. The van der Waals surface area contributed by atoms with Crippen LogP contribution in [0, 0.1) is 5.41 Å². The molecule has 2 aliphatic rings. The zero-order chi connectivity index (χ0) is 13.6. The Hall–Kier alpha value is -0.0800. The van der Waals surface area contributed by atoms with Crippen LogP contribution >= 0.6 is 0 Å². The van der Waals surface area contributed by atoms with E-state index in [0.29, 0.717) is 5.41 Å². The summed E-state index contributed by atoms with van der Waals surface area (Å²) in [6.07, 6.45) is 12.9. The molecule has 1 atom stereocenters. The highest BCUT2D eigenvalue weighted by Crippen LogP contribution is 2.39. The minimum atomic E-state index is 0.591. The second-order valence-electron chi connectivity index (χ2n) is 6.87. The van der Waals surface area contributed by atoms with Gasteiger partial charge in [-0.2, -0.15) is 0 Å². The van der Waals surface area contributed by atoms with Gasteiger partial charge < -0.3 is 5.32 Å². The lowest BCUT2D eigenvalue weighted by atomic mass is 9.84. The molecule has 0 aromatic rings. The van der Waals surface area contributed by atoms with Gasteiger partial charge in [-0.05, 0) is 50.6 Å². The lowest BCUT2D eigenvalue weighted by molar-refractivity contribution is 0.108. The number of hydrogen-bond donors (Lipinski definition) is 1. The van der Waals surface area contributed by atoms with E-state index in [4.69, 9.17) is 0 Å². The van der Waals surface area contributed by atoms with Gasteiger partial charge in [0.25, 0.3) is 0 Å². The first-order valence-corrected chi connectivity index (χ1v) is 8.74. The van der Waals surface area contributed by atoms with Crippen LogP contribution in [-0.4, -0.2) is 37.1 Å². The van der Waals surface area contributed by atoms with E-state index in [1.54, 1.807) is 0 Å². The van der Waals surface area contributed by atoms with Crippen molar-refractivity contribution >= 4 is 0 Å². The van der Waals surface area contributed by atoms with Gasteiger partial charge in [-0.1, -0.05) is 39.5 Å². The normalized spacial score (nSPS) is 28.4. The van der Waals surface area contributed by atoms with Gasteiger partial charge in [-0.15, -0.1) is 0 Å². The second kappa shape index (κ2) is 7.64. The predicted molar refractivity (Wildman–Crippen MR) is 83.6 cm³/mol. The van der Waals surface area contributed by atoms with Crippen molar-refractivity contribution in [2.75, 3.05) is 26.2 Å². The first-order chi connectivity index (χ1) is 9.29. The highest BCUT2D eigenvalue weighted by molar-refractivity contribution is 4.91. The Kier molecular flexibility index (Phi) is 6.15. The van der Waals surface area contributed by atoms with E-state index in [-0.39, 0.29) is 0 Å². The summed E-state index contributed by atoms with van der Waals surface area (Å²) in [6, 6.07) is 0.863. The van der Waals surface area contributed by atoms with Crippen molar-refractivity contribution in [2.45, 2.75) is 77.7 Å². The summed E-state index contributed by atoms with van der Waals surface area (Å²) in [6.45, 7) is 9.71. The molecule has 1 saturated carbocycles. The molecule has 1 unspecified atom stereocenters. The second-order valence-corrected chi connectivity index (χ2v) is 6.87. The fourth-order valence-electron chi connectivity index (χ4n) is 4.24. The molecule has 0 aromatic heterocycles. The van der Waals surface area contributed by atoms with Crippen molar-refractivity contribution in [3.63, 3.8) is 0 Å². The van der Waals surface area contributed by atoms with Crippen LogP contribution in [-0.2, 0) is 0 Å². The Morgan fingerprint density at radius 2 is 1.84 bits per heavy atom. The summed E-state index contributed by atoms with van der Waals surface area (Å²) >= 11 is 0. The predicted octanol–water partition coefficient (Wildman–Crippen LogP) is 3.81. The van der Waals surface area contributed by atoms with Crippen LogP contribution in [0.2, 0.25) is 0 Å². The van der Waals surface area contributed by atoms with E-state index in [1.807, 2.05) is 0 Å². The summed E-state index contributed by atoms with van der Waals surface area (Å²) in [5.74, 6) is 0. The lowest BCUT2D eigenvalue weighted by Crippen LogP contribution is -2.46. The molecular formula is C17H34N2. The first-order valence-electron chi connectivity index (χ1n) is 8.74. The van der Waals surface area contributed by atoms with Gasteiger partial charge >= 0.3 is 0 Å². The van der Waals surface area contributed by atoms with Crippen molar-refractivity contribution in [2.24, 2.45) is 5.41 Å². The van der Waals surface area contributed by atoms with Crippen molar-refractivity contribution in [3.05, 3.63) is 0 Å². The SMILES string of the molecule is CCNCC1(CN2CCCCCC2CC)CCCC1. The Balaban J connectivity index is 1.97. The van der Waals surface area contributed by atoms with E-state index >= 15 is 0 Å². The third-order valence-corrected chi connectivity index (χ3v) is 5.42. The maximum atomic E-state index is 3.64. The average Bonchev–Trinajstić information content (AvgIpc) is 2.77. The number of nitrogens with zero attached hydrogens (tertiary/aromatic N) is 1. The Labute approximate surface area is 120 Å². The number of hydrogen-bond acceptors (Lipinski definition) is 2. The zero-order valence-electron chi connectivity index (χ0n) is 13.2. The highest BCUT2D eigenvalue weighted by atomic mass is 15.2. The van der Waals surface area contributed by atoms with Crippen molar-refractivity contribution in [1.29, 1.82) is 0 Å². The summed E-state index contributed by atoms with van der Waals surface area (Å²) in [5, 5.41) is 3.64. The van der Waals surface area contributed by atoms with Crippen molar-refractivity contribution < 1.29 is 0 Å². The molecular weight excluding hydrogens is 232 g/mol. The van der Waals surface area contributed by atoms with E-state index in [9.17, 15) is 0 Å². The van der Waals surface area contributed by atoms with Crippen molar-refractivity contribution in [1.82, 2.24) is 10.2 Å². The molecule has 2 fully saturated rings. The Morgan fingerprint density at radius 3 is 2.53 bits per heavy atom. The third kappa shape index (κ3) is 4.19. The van der Waals surface area contributed by atoms with Gasteiger partial charge in [0.1, 0.15) is 0 Å². The number of likely N-dealkylation sites (tertiary alicyclic amines) is 1. The fraction of sp³-hybridized carbons (Fsp3) is 1.00. The molecule has 0 radical (unpaired) electrons. The van der Waals surface area contributed by atoms with E-state index in [2.05, 4.69) is 24.1 Å². The molecule has 1 saturated heterocycles. The van der Waals surface area contributed by atoms with Gasteiger partial charge in [-0.25, -0.2) is 0 Å². The topological polar surface area (TPSA) is 15.3 Å². The largest absolute Gasteiger partial charge is 0.316 e. The average molecular weight is 266 g/mol. The summed E-state index contributed by atoms with van der Waals surface area (Å²) < 4.78 is 0. The quantitative estimate of drug-likeness (QED) is 0.786. The van der Waals surface area contributed by atoms with Gasteiger partial charge in [0, 0.05) is 19.1 Å². The number of rotatable bonds is 6. The third-order valence-electron chi connectivity index (χ3n) is 5.42. The summed E-state index contributed by atoms with van der Waals surface area (Å²) in [5.41, 5.74) is 0.591. The Bertz CT molecular complexity index is 246. The van der Waals surface area contributed by atoms with Crippen molar-refractivity contribution in [3.8, 4) is 0 Å². The first kappa shape index (κ1) is 15.3. The molecule has 2 heteroatoms. The molecule has 112 valence electrons. The molecule has 2 rings (SSSR count). The minimum absolute atomic E-state index is 0.591. The summed E-state index contributed by atoms with van der Waals surface area (Å²) in [7, 11) is 0. The van der Waals surface area contributed by atoms with E-state index in [1.165, 1.54) is 77.4 Å². The van der Waals surface area contributed by atoms with Crippen LogP contribution in [0.5, 0.6) is 0 Å². The molecule has 0 spiro atoms. The zero-order valence-corrected chi connectivity index (χ0v) is 13.2. The lowest BCUT2D eigenvalue weighted by Gasteiger charge is -2.39. The molecule has 2 nitrogen and oxygen atoms in total. The molecule has 1 heterocycles. The summed E-state index contributed by atoms with van der Waals surface area (Å²) in [4.78, 5) is 2.86. The van der Waals surface area contributed by atoms with E-state index in [0.717, 1.165) is 12.6 Å². The molecule has 1 aliphatic carbocycles. The van der Waals surface area contributed by atoms with Crippen LogP contribution in [0.1, 0.15) is 71.6 Å². The molecule has 0 aromatic carbocycles. The monoisotopic (exact) mass is 266 g/mol. The van der Waals surface area contributed by atoms with Gasteiger partial charge in [0.2, 0.25) is 0 Å². The van der Waals surface area contributed by atoms with Crippen LogP contribution in [0.3, 0.4) is 0 Å². The number of nitrogens with one attached hydrogen (secondary N) is 1. The van der Waals surface area contributed by atoms with Gasteiger partial charge in [0.15, 0.2) is 0 Å². The smallest absolute Gasteiger partial charge is 0.00928 e. The van der Waals surface area contributed by atoms with E-state index < -0.39 is 0 Å². The molecule has 19 heavy (non-hydrogen) atoms. The van der Waals surface area contributed by atoms with Gasteiger partial charge in [0.05, 0.1) is 0 Å². The minimum Gasteiger partial charge on any atom is -0.316 e. The molecule has 0 amide bonds. The fourth-order valence-corrected chi connectivity index (χ4v) is 4.24. The van der Waals surface area contributed by atoms with Gasteiger partial charge in [-0.3, -0.25) is 4.90 Å². The maximum Gasteiger partial charge on any atom is 0.00928 e. The standard InChI is InChI=1S/C17H34N2/c1-3-16-10-6-5-9-13-19(16)15-17(14-18-4-2)11-7-8-12-17/h16,18H,3-15H2,1-2H3. The molecule has 0 bridgehead atoms. The van der Waals surface area contributed by atoms with Crippen LogP contribution in [0.25, 0.3) is 0 Å². The highest BCUT2D eigenvalue weighted by Gasteiger charge is 2.36. The Morgan fingerprint density at radius 1 is 1.05 bits per heavy atom. The van der Waals surface area contributed by atoms with Crippen LogP contribution < -0.4 is 5.32 Å². The van der Waals surface area contributed by atoms with Crippen LogP contribution in [0.4, 0.5) is 0 Å². The van der Waals surface area contributed by atoms with Crippen LogP contribution in [0.15, 0.2) is 0 Å².